The molecule has 3 N–H and O–H groups in total. The highest BCUT2D eigenvalue weighted by atomic mass is 19.1. The molecule has 0 unspecified atom stereocenters. The second kappa shape index (κ2) is 8.79. The smallest absolute Gasteiger partial charge is 0.251 e. The van der Waals surface area contributed by atoms with Gasteiger partial charge in [-0.05, 0) is 59.4 Å². The Morgan fingerprint density at radius 3 is 2.62 bits per heavy atom. The van der Waals surface area contributed by atoms with Crippen LogP contribution in [0.15, 0.2) is 42.5 Å². The number of halogens is 2. The van der Waals surface area contributed by atoms with Crippen molar-refractivity contribution in [1.82, 2.24) is 10.3 Å². The molecule has 3 aromatic rings. The minimum absolute atomic E-state index is 0.0358. The molecule has 0 aliphatic carbocycles. The van der Waals surface area contributed by atoms with Gasteiger partial charge in [-0.3, -0.25) is 9.59 Å². The zero-order valence-corrected chi connectivity index (χ0v) is 18.2. The Labute approximate surface area is 194 Å². The molecule has 6 nitrogen and oxygen atoms in total. The molecular weight excluding hydrogens is 440 g/mol. The Morgan fingerprint density at radius 2 is 1.85 bits per heavy atom. The highest BCUT2D eigenvalue weighted by Gasteiger charge is 2.23. The average Bonchev–Trinajstić information content (AvgIpc) is 2.85. The third-order valence-electron chi connectivity index (χ3n) is 6.22. The Kier molecular flexibility index (Phi) is 5.67. The van der Waals surface area contributed by atoms with Crippen LogP contribution < -0.4 is 11.1 Å². The van der Waals surface area contributed by atoms with Crippen molar-refractivity contribution >= 4 is 23.6 Å². The summed E-state index contributed by atoms with van der Waals surface area (Å²) in [5.74, 6) is -2.05. The van der Waals surface area contributed by atoms with Gasteiger partial charge in [0.1, 0.15) is 11.6 Å². The number of hydrogen-bond acceptors (Lipinski definition) is 5. The van der Waals surface area contributed by atoms with E-state index >= 15 is 4.39 Å². The van der Waals surface area contributed by atoms with E-state index in [2.05, 4.69) is 10.3 Å². The topological polar surface area (TPSA) is 94.3 Å². The number of rotatable bonds is 4. The lowest BCUT2D eigenvalue weighted by Crippen LogP contribution is -2.32. The number of nitrogens with two attached hydrogens (primary N) is 1. The zero-order chi connectivity index (χ0) is 23.8. The van der Waals surface area contributed by atoms with Gasteiger partial charge in [0.05, 0.1) is 13.2 Å². The van der Waals surface area contributed by atoms with E-state index in [9.17, 15) is 14.0 Å². The van der Waals surface area contributed by atoms with Crippen molar-refractivity contribution in [1.29, 1.82) is 0 Å². The first-order valence-corrected chi connectivity index (χ1v) is 10.9. The highest BCUT2D eigenvalue weighted by Crippen LogP contribution is 2.36. The maximum atomic E-state index is 15.0. The normalized spacial score (nSPS) is 15.4. The van der Waals surface area contributed by atoms with Crippen LogP contribution in [0.4, 0.5) is 14.6 Å². The van der Waals surface area contributed by atoms with E-state index < -0.39 is 11.8 Å². The largest absolute Gasteiger partial charge is 0.383 e. The molecule has 0 radical (unpaired) electrons. The minimum Gasteiger partial charge on any atom is -0.383 e. The van der Waals surface area contributed by atoms with Crippen molar-refractivity contribution < 1.29 is 23.1 Å². The lowest BCUT2D eigenvalue weighted by atomic mass is 9.91. The Morgan fingerprint density at radius 1 is 1.00 bits per heavy atom. The summed E-state index contributed by atoms with van der Waals surface area (Å²) >= 11 is 0. The number of ether oxygens (including phenoxy) is 1. The second-order valence-electron chi connectivity index (χ2n) is 8.23. The number of benzene rings is 2. The summed E-state index contributed by atoms with van der Waals surface area (Å²) in [6.45, 7) is 1.54. The van der Waals surface area contributed by atoms with E-state index in [0.29, 0.717) is 43.6 Å². The zero-order valence-electron chi connectivity index (χ0n) is 18.2. The monoisotopic (exact) mass is 461 g/mol. The number of nitrogens with one attached hydrogen (secondary N) is 1. The first-order chi connectivity index (χ1) is 16.5. The predicted octanol–water partition coefficient (Wildman–Crippen LogP) is 4.18. The van der Waals surface area contributed by atoms with Gasteiger partial charge in [-0.15, -0.1) is 0 Å². The molecule has 0 spiro atoms. The molecular formula is C26H21F2N3O3. The molecule has 2 aliphatic heterocycles. The maximum absolute atomic E-state index is 15.0. The Bertz CT molecular complexity index is 1370. The van der Waals surface area contributed by atoms with Gasteiger partial charge in [0, 0.05) is 34.4 Å². The van der Waals surface area contributed by atoms with Crippen LogP contribution in [-0.2, 0) is 11.2 Å². The summed E-state index contributed by atoms with van der Waals surface area (Å²) in [7, 11) is 0. The van der Waals surface area contributed by atoms with Gasteiger partial charge in [-0.25, -0.2) is 9.37 Å². The van der Waals surface area contributed by atoms with Crippen LogP contribution in [0.1, 0.15) is 38.3 Å². The van der Waals surface area contributed by atoms with Gasteiger partial charge >= 0.3 is 0 Å². The van der Waals surface area contributed by atoms with Gasteiger partial charge in [0.25, 0.3) is 5.91 Å². The average molecular weight is 461 g/mol. The van der Waals surface area contributed by atoms with Gasteiger partial charge in [-0.2, -0.15) is 4.39 Å². The highest BCUT2D eigenvalue weighted by molar-refractivity contribution is 5.98. The molecule has 2 aliphatic rings. The van der Waals surface area contributed by atoms with Gasteiger partial charge in [-0.1, -0.05) is 18.2 Å². The number of carbonyl (C=O) groups is 2. The Balaban J connectivity index is 1.62. The minimum atomic E-state index is -0.861. The number of nitrogen functional groups attached to an aromatic ring is 1. The van der Waals surface area contributed by atoms with Gasteiger partial charge < -0.3 is 15.8 Å². The van der Waals surface area contributed by atoms with Crippen molar-refractivity contribution in [2.45, 2.75) is 12.8 Å². The number of hydrogen-bond donors (Lipinski definition) is 2. The molecule has 3 heterocycles. The lowest BCUT2D eigenvalue weighted by Gasteiger charge is -2.19. The molecule has 0 bridgehead atoms. The van der Waals surface area contributed by atoms with Crippen LogP contribution >= 0.6 is 0 Å². The molecule has 1 aromatic heterocycles. The summed E-state index contributed by atoms with van der Waals surface area (Å²) in [5, 5.41) is 2.68. The molecule has 1 amide bonds. The number of carbonyl (C=O) groups excluding carboxylic acids is 2. The standard InChI is InChI=1S/C26H21F2N3O3/c27-23-12-19-16(3-6-30-26(19)33)10-20(23)22-11-21(24(28)31-25(22)29)18-2-1-15(9-17(18)13-32)14-4-7-34-8-5-14/h1-2,4,9-13H,3,5-8H2,(H2,29,31)(H,30,33). The molecule has 8 heteroatoms. The summed E-state index contributed by atoms with van der Waals surface area (Å²) in [6, 6.07) is 9.29. The summed E-state index contributed by atoms with van der Waals surface area (Å²) in [5.41, 5.74) is 9.79. The van der Waals surface area contributed by atoms with Crippen molar-refractivity contribution in [3.05, 3.63) is 76.5 Å². The Hall–Kier alpha value is -3.91. The summed E-state index contributed by atoms with van der Waals surface area (Å²) in [6.07, 6.45) is 3.87. The van der Waals surface area contributed by atoms with Crippen LogP contribution in [0.2, 0.25) is 0 Å². The van der Waals surface area contributed by atoms with E-state index in [1.807, 2.05) is 12.1 Å². The second-order valence-corrected chi connectivity index (χ2v) is 8.23. The van der Waals surface area contributed by atoms with E-state index in [4.69, 9.17) is 10.5 Å². The summed E-state index contributed by atoms with van der Waals surface area (Å²) in [4.78, 5) is 27.7. The SMILES string of the molecule is Nc1nc(F)c(-c2ccc(C3=CCOCC3)cc2C=O)cc1-c1cc2c(cc1F)C(=O)NCC2. The van der Waals surface area contributed by atoms with Crippen molar-refractivity contribution in [2.24, 2.45) is 0 Å². The van der Waals surface area contributed by atoms with Crippen LogP contribution in [-0.4, -0.2) is 36.9 Å². The van der Waals surface area contributed by atoms with Crippen molar-refractivity contribution in [3.8, 4) is 22.3 Å². The molecule has 0 atom stereocenters. The van der Waals surface area contributed by atoms with Crippen molar-refractivity contribution in [2.75, 3.05) is 25.5 Å². The molecule has 0 saturated carbocycles. The van der Waals surface area contributed by atoms with E-state index in [1.165, 1.54) is 6.07 Å². The number of anilines is 1. The molecule has 2 aromatic carbocycles. The first-order valence-electron chi connectivity index (χ1n) is 10.9. The fraction of sp³-hybridized carbons (Fsp3) is 0.192. The van der Waals surface area contributed by atoms with Crippen LogP contribution in [0, 0.1) is 11.8 Å². The van der Waals surface area contributed by atoms with Gasteiger partial charge in [0.15, 0.2) is 6.29 Å². The quantitative estimate of drug-likeness (QED) is 0.449. The molecule has 5 rings (SSSR count). The van der Waals surface area contributed by atoms with E-state index in [1.54, 1.807) is 18.2 Å². The third kappa shape index (κ3) is 3.86. The lowest BCUT2D eigenvalue weighted by molar-refractivity contribution is 0.0945. The van der Waals surface area contributed by atoms with E-state index in [-0.39, 0.29) is 39.5 Å². The number of amides is 1. The molecule has 172 valence electrons. The fourth-order valence-electron chi connectivity index (χ4n) is 4.45. The summed E-state index contributed by atoms with van der Waals surface area (Å²) < 4.78 is 35.3. The predicted molar refractivity (Wildman–Crippen MR) is 124 cm³/mol. The number of aromatic nitrogens is 1. The third-order valence-corrected chi connectivity index (χ3v) is 6.22. The van der Waals surface area contributed by atoms with Crippen molar-refractivity contribution in [3.63, 3.8) is 0 Å². The first kappa shape index (κ1) is 21.9. The fourth-order valence-corrected chi connectivity index (χ4v) is 4.45. The van der Waals surface area contributed by atoms with Crippen LogP contribution in [0.5, 0.6) is 0 Å². The van der Waals surface area contributed by atoms with E-state index in [0.717, 1.165) is 23.6 Å². The molecule has 0 saturated heterocycles. The molecule has 34 heavy (non-hydrogen) atoms. The number of fused-ring (bicyclic) bond motifs is 1. The maximum Gasteiger partial charge on any atom is 0.251 e. The van der Waals surface area contributed by atoms with Crippen LogP contribution in [0.3, 0.4) is 0 Å². The number of pyridine rings is 1. The number of nitrogens with zero attached hydrogens (tertiary/aromatic N) is 1. The van der Waals surface area contributed by atoms with Crippen LogP contribution in [0.25, 0.3) is 27.8 Å². The number of aldehydes is 1. The molecule has 0 fully saturated rings. The van der Waals surface area contributed by atoms with Gasteiger partial charge in [0.2, 0.25) is 5.95 Å².